The monoisotopic (exact) mass is 427 g/mol. The van der Waals surface area contributed by atoms with Crippen molar-refractivity contribution in [3.8, 4) is 33.9 Å². The van der Waals surface area contributed by atoms with Crippen molar-refractivity contribution in [2.24, 2.45) is 0 Å². The Bertz CT molecular complexity index is 1770. The fourth-order valence-electron chi connectivity index (χ4n) is 4.25. The van der Waals surface area contributed by atoms with Gasteiger partial charge in [0.25, 0.3) is 0 Å². The summed E-state index contributed by atoms with van der Waals surface area (Å²) >= 11 is 0. The maximum atomic E-state index is 4.80. The molecule has 3 aromatic carbocycles. The highest BCUT2D eigenvalue weighted by Gasteiger charge is 2.11. The Balaban J connectivity index is 1.27. The van der Waals surface area contributed by atoms with Crippen LogP contribution in [0.15, 0.2) is 85.5 Å². The van der Waals surface area contributed by atoms with Crippen molar-refractivity contribution in [2.75, 3.05) is 0 Å². The van der Waals surface area contributed by atoms with Crippen LogP contribution in [-0.2, 0) is 0 Å². The molecule has 0 atom stereocenters. The number of rotatable bonds is 3. The lowest BCUT2D eigenvalue weighted by molar-refractivity contribution is 1.33. The summed E-state index contributed by atoms with van der Waals surface area (Å²) in [5.74, 6) is 1.65. The Morgan fingerprint density at radius 1 is 0.515 bits per heavy atom. The van der Waals surface area contributed by atoms with Crippen LogP contribution in [0.5, 0.6) is 0 Å². The summed E-state index contributed by atoms with van der Waals surface area (Å²) in [6, 6.07) is 22.5. The minimum absolute atomic E-state index is 0.824. The van der Waals surface area contributed by atoms with Crippen molar-refractivity contribution >= 4 is 33.1 Å². The smallest absolute Gasteiger partial charge is 0.138 e. The molecule has 0 fully saturated rings. The molecular weight excluding hydrogens is 410 g/mol. The minimum Gasteiger partial charge on any atom is -0.345 e. The summed E-state index contributed by atoms with van der Waals surface area (Å²) in [4.78, 5) is 28.0. The van der Waals surface area contributed by atoms with Gasteiger partial charge in [-0.3, -0.25) is 4.98 Å². The SMILES string of the molecule is c1cc(-c2ccc3nc(-c4ccc5nc(-c6ccc7nc[nH]c7c6)[nH]c5c4)[nH]c3c2)ccn1. The molecular formula is C26H17N7. The van der Waals surface area contributed by atoms with Gasteiger partial charge in [-0.25, -0.2) is 15.0 Å². The fourth-order valence-corrected chi connectivity index (χ4v) is 4.25. The van der Waals surface area contributed by atoms with Crippen molar-refractivity contribution in [3.63, 3.8) is 0 Å². The highest BCUT2D eigenvalue weighted by atomic mass is 14.9. The number of pyridine rings is 1. The Hall–Kier alpha value is -4.78. The zero-order chi connectivity index (χ0) is 21.8. The average Bonchev–Trinajstić information content (AvgIpc) is 3.60. The molecule has 0 aliphatic heterocycles. The summed E-state index contributed by atoms with van der Waals surface area (Å²) in [6.07, 6.45) is 5.31. The Morgan fingerprint density at radius 3 is 1.79 bits per heavy atom. The van der Waals surface area contributed by atoms with Crippen LogP contribution in [-0.4, -0.2) is 34.9 Å². The summed E-state index contributed by atoms with van der Waals surface area (Å²) < 4.78 is 0. The van der Waals surface area contributed by atoms with Gasteiger partial charge in [0, 0.05) is 23.5 Å². The minimum atomic E-state index is 0.824. The van der Waals surface area contributed by atoms with Crippen LogP contribution in [0.4, 0.5) is 0 Å². The Morgan fingerprint density at radius 2 is 1.09 bits per heavy atom. The first-order valence-corrected chi connectivity index (χ1v) is 10.6. The quantitative estimate of drug-likeness (QED) is 0.336. The van der Waals surface area contributed by atoms with Crippen molar-refractivity contribution in [3.05, 3.63) is 85.5 Å². The van der Waals surface area contributed by atoms with Gasteiger partial charge in [0.1, 0.15) is 11.6 Å². The first-order chi connectivity index (χ1) is 16.3. The number of fused-ring (bicyclic) bond motifs is 3. The topological polar surface area (TPSA) is 98.9 Å². The normalized spacial score (nSPS) is 11.6. The second-order valence-electron chi connectivity index (χ2n) is 8.01. The standard InChI is InChI=1S/C26H17N7/c1-5-20-23(11-16(1)15-7-9-27-10-8-15)32-26(30-20)18-3-6-21-24(13-18)33-25(31-21)17-2-4-19-22(12-17)29-14-28-19/h1-14H,(H,28,29)(H,30,32)(H,31,33). The number of hydrogen-bond donors (Lipinski definition) is 3. The average molecular weight is 427 g/mol. The molecule has 0 aliphatic carbocycles. The maximum absolute atomic E-state index is 4.80. The van der Waals surface area contributed by atoms with Crippen molar-refractivity contribution in [1.82, 2.24) is 34.9 Å². The van der Waals surface area contributed by atoms with Crippen LogP contribution >= 0.6 is 0 Å². The van der Waals surface area contributed by atoms with Gasteiger partial charge in [-0.1, -0.05) is 6.07 Å². The van der Waals surface area contributed by atoms with Crippen molar-refractivity contribution < 1.29 is 0 Å². The van der Waals surface area contributed by atoms with Gasteiger partial charge in [-0.15, -0.1) is 0 Å². The number of benzene rings is 3. The van der Waals surface area contributed by atoms with E-state index >= 15 is 0 Å². The van der Waals surface area contributed by atoms with Gasteiger partial charge in [0.15, 0.2) is 0 Å². The first-order valence-electron chi connectivity index (χ1n) is 10.6. The number of aromatic amines is 3. The summed E-state index contributed by atoms with van der Waals surface area (Å²) in [7, 11) is 0. The molecule has 4 heterocycles. The second-order valence-corrected chi connectivity index (χ2v) is 8.01. The molecule has 0 saturated heterocycles. The highest BCUT2D eigenvalue weighted by molar-refractivity contribution is 5.88. The summed E-state index contributed by atoms with van der Waals surface area (Å²) in [5.41, 5.74) is 10.0. The lowest BCUT2D eigenvalue weighted by Gasteiger charge is -2.00. The molecule has 0 spiro atoms. The van der Waals surface area contributed by atoms with Gasteiger partial charge in [0.2, 0.25) is 0 Å². The third kappa shape index (κ3) is 2.98. The summed E-state index contributed by atoms with van der Waals surface area (Å²) in [5, 5.41) is 0. The van der Waals surface area contributed by atoms with Gasteiger partial charge in [-0.2, -0.15) is 0 Å². The van der Waals surface area contributed by atoms with E-state index in [4.69, 9.17) is 9.97 Å². The zero-order valence-corrected chi connectivity index (χ0v) is 17.4. The van der Waals surface area contributed by atoms with Crippen molar-refractivity contribution in [1.29, 1.82) is 0 Å². The fraction of sp³-hybridized carbons (Fsp3) is 0. The van der Waals surface area contributed by atoms with Crippen LogP contribution in [0.1, 0.15) is 0 Å². The number of imidazole rings is 3. The van der Waals surface area contributed by atoms with E-state index in [1.54, 1.807) is 18.7 Å². The van der Waals surface area contributed by atoms with Gasteiger partial charge >= 0.3 is 0 Å². The second kappa shape index (κ2) is 6.86. The Labute approximate surface area is 187 Å². The number of nitrogens with one attached hydrogen (secondary N) is 3. The highest BCUT2D eigenvalue weighted by Crippen LogP contribution is 2.29. The van der Waals surface area contributed by atoms with E-state index in [1.807, 2.05) is 42.5 Å². The molecule has 0 saturated carbocycles. The predicted molar refractivity (Wildman–Crippen MR) is 130 cm³/mol. The largest absolute Gasteiger partial charge is 0.345 e. The molecule has 0 unspecified atom stereocenters. The molecule has 7 rings (SSSR count). The van der Waals surface area contributed by atoms with E-state index in [0.717, 1.165) is 67.0 Å². The van der Waals surface area contributed by atoms with Crippen LogP contribution in [0, 0.1) is 0 Å². The van der Waals surface area contributed by atoms with Crippen LogP contribution in [0.3, 0.4) is 0 Å². The number of aromatic nitrogens is 7. The molecule has 0 amide bonds. The molecule has 156 valence electrons. The third-order valence-electron chi connectivity index (χ3n) is 5.94. The number of hydrogen-bond acceptors (Lipinski definition) is 4. The van der Waals surface area contributed by atoms with E-state index in [0.29, 0.717) is 0 Å². The van der Waals surface area contributed by atoms with E-state index in [2.05, 4.69) is 49.2 Å². The molecule has 0 radical (unpaired) electrons. The number of nitrogens with zero attached hydrogens (tertiary/aromatic N) is 4. The molecule has 33 heavy (non-hydrogen) atoms. The van der Waals surface area contributed by atoms with Gasteiger partial charge in [0.05, 0.1) is 39.4 Å². The van der Waals surface area contributed by atoms with Crippen LogP contribution in [0.25, 0.3) is 67.0 Å². The zero-order valence-electron chi connectivity index (χ0n) is 17.4. The molecule has 0 bridgehead atoms. The van der Waals surface area contributed by atoms with E-state index in [1.165, 1.54) is 0 Å². The third-order valence-corrected chi connectivity index (χ3v) is 5.94. The lowest BCUT2D eigenvalue weighted by atomic mass is 10.1. The van der Waals surface area contributed by atoms with E-state index < -0.39 is 0 Å². The van der Waals surface area contributed by atoms with Crippen LogP contribution < -0.4 is 0 Å². The molecule has 3 N–H and O–H groups in total. The van der Waals surface area contributed by atoms with E-state index in [9.17, 15) is 0 Å². The predicted octanol–water partition coefficient (Wildman–Crippen LogP) is 5.71. The number of H-pyrrole nitrogens is 3. The Kier molecular flexibility index (Phi) is 3.71. The molecule has 0 aliphatic rings. The molecule has 7 nitrogen and oxygen atoms in total. The van der Waals surface area contributed by atoms with E-state index in [-0.39, 0.29) is 0 Å². The van der Waals surface area contributed by atoms with Crippen molar-refractivity contribution in [2.45, 2.75) is 0 Å². The molecule has 4 aromatic heterocycles. The molecule has 7 aromatic rings. The van der Waals surface area contributed by atoms with Crippen LogP contribution in [0.2, 0.25) is 0 Å². The molecule has 7 heteroatoms. The van der Waals surface area contributed by atoms with Gasteiger partial charge < -0.3 is 15.0 Å². The summed E-state index contributed by atoms with van der Waals surface area (Å²) in [6.45, 7) is 0. The van der Waals surface area contributed by atoms with Gasteiger partial charge in [-0.05, 0) is 71.8 Å². The lowest BCUT2D eigenvalue weighted by Crippen LogP contribution is -1.81. The maximum Gasteiger partial charge on any atom is 0.138 e. The first kappa shape index (κ1) is 17.9.